The number of nitrogens with one attached hydrogen (secondary N) is 1. The molecule has 1 aliphatic heterocycles. The molecule has 0 saturated carbocycles. The maximum Gasteiger partial charge on any atom is 0.335 e. The number of aromatic carboxylic acids is 1. The Labute approximate surface area is 222 Å². The van der Waals surface area contributed by atoms with Crippen molar-refractivity contribution < 1.29 is 19.4 Å². The number of carboxylic acids is 1. The molecule has 1 amide bonds. The van der Waals surface area contributed by atoms with Crippen molar-refractivity contribution in [1.29, 1.82) is 0 Å². The molecule has 0 bridgehead atoms. The maximum atomic E-state index is 13.2. The normalized spacial score (nSPS) is 14.6. The number of aromatic amines is 1. The number of nitrogen functional groups attached to an aromatic ring is 1. The van der Waals surface area contributed by atoms with Crippen molar-refractivity contribution in [3.05, 3.63) is 88.5 Å². The minimum absolute atomic E-state index is 0.146. The number of amides is 1. The number of anilines is 1. The van der Waals surface area contributed by atoms with E-state index in [1.54, 1.807) is 36.3 Å². The van der Waals surface area contributed by atoms with Gasteiger partial charge in [0.05, 0.1) is 28.8 Å². The van der Waals surface area contributed by atoms with Crippen molar-refractivity contribution in [3.63, 3.8) is 0 Å². The van der Waals surface area contributed by atoms with Crippen molar-refractivity contribution >= 4 is 62.8 Å². The summed E-state index contributed by atoms with van der Waals surface area (Å²) in [5, 5.41) is 10.1. The first-order valence-electron chi connectivity index (χ1n) is 11.5. The molecule has 2 heterocycles. The summed E-state index contributed by atoms with van der Waals surface area (Å²) in [5.74, 6) is -0.413. The fourth-order valence-corrected chi connectivity index (χ4v) is 5.60. The number of nitrogens with two attached hydrogens (primary N) is 1. The lowest BCUT2D eigenvalue weighted by Gasteiger charge is -2.14. The lowest BCUT2D eigenvalue weighted by molar-refractivity contribution is -0.122. The zero-order valence-electron chi connectivity index (χ0n) is 19.9. The molecule has 1 saturated heterocycles. The predicted molar refractivity (Wildman–Crippen MR) is 152 cm³/mol. The summed E-state index contributed by atoms with van der Waals surface area (Å²) in [5.41, 5.74) is 11.6. The quantitative estimate of drug-likeness (QED) is 0.163. The summed E-state index contributed by atoms with van der Waals surface area (Å²) in [6.07, 6.45) is 4.25. The van der Waals surface area contributed by atoms with Crippen molar-refractivity contribution in [2.24, 2.45) is 0 Å². The third kappa shape index (κ3) is 4.96. The van der Waals surface area contributed by atoms with Gasteiger partial charge in [0.25, 0.3) is 5.91 Å². The highest BCUT2D eigenvalue weighted by atomic mass is 32.2. The number of hydrogen-bond acceptors (Lipinski definition) is 6. The molecule has 37 heavy (non-hydrogen) atoms. The first-order chi connectivity index (χ1) is 17.8. The zero-order valence-corrected chi connectivity index (χ0v) is 21.5. The number of thiocarbonyl (C=S) groups is 1. The van der Waals surface area contributed by atoms with Gasteiger partial charge >= 0.3 is 5.97 Å². The van der Waals surface area contributed by atoms with Crippen LogP contribution in [0.5, 0.6) is 5.75 Å². The molecule has 9 heteroatoms. The molecule has 4 N–H and O–H groups in total. The molecule has 1 aliphatic rings. The summed E-state index contributed by atoms with van der Waals surface area (Å²) in [4.78, 5) is 29.5. The van der Waals surface area contributed by atoms with Crippen molar-refractivity contribution in [1.82, 2.24) is 9.88 Å². The lowest BCUT2D eigenvalue weighted by atomic mass is 9.99. The Kier molecular flexibility index (Phi) is 6.73. The van der Waals surface area contributed by atoms with Crippen LogP contribution < -0.4 is 10.5 Å². The SMILES string of the molecule is COc1ccc(/C=C2\SC(=S)N(CCc3ccc(C(=O)O)cc3)C2=O)cc1-c1cc(N)c2[nH]ccc2c1. The number of hydrogen-bond donors (Lipinski definition) is 3. The van der Waals surface area contributed by atoms with Crippen LogP contribution in [0.3, 0.4) is 0 Å². The molecular formula is C28H23N3O4S2. The van der Waals surface area contributed by atoms with E-state index >= 15 is 0 Å². The highest BCUT2D eigenvalue weighted by Crippen LogP contribution is 2.37. The van der Waals surface area contributed by atoms with Crippen molar-refractivity contribution in [2.45, 2.75) is 6.42 Å². The van der Waals surface area contributed by atoms with E-state index in [4.69, 9.17) is 27.8 Å². The second-order valence-electron chi connectivity index (χ2n) is 8.55. The fourth-order valence-electron chi connectivity index (χ4n) is 4.30. The zero-order chi connectivity index (χ0) is 26.1. The van der Waals surface area contributed by atoms with Gasteiger partial charge in [-0.1, -0.05) is 42.2 Å². The molecule has 0 unspecified atom stereocenters. The lowest BCUT2D eigenvalue weighted by Crippen LogP contribution is -2.30. The second-order valence-corrected chi connectivity index (χ2v) is 10.2. The monoisotopic (exact) mass is 529 g/mol. The van der Waals surface area contributed by atoms with Gasteiger partial charge in [-0.25, -0.2) is 4.79 Å². The predicted octanol–water partition coefficient (Wildman–Crippen LogP) is 5.57. The molecule has 0 radical (unpaired) electrons. The van der Waals surface area contributed by atoms with Gasteiger partial charge in [-0.3, -0.25) is 9.69 Å². The van der Waals surface area contributed by atoms with Crippen LogP contribution in [0.4, 0.5) is 5.69 Å². The Morgan fingerprint density at radius 3 is 2.68 bits per heavy atom. The van der Waals surface area contributed by atoms with E-state index in [0.29, 0.717) is 33.6 Å². The van der Waals surface area contributed by atoms with Gasteiger partial charge in [0, 0.05) is 23.7 Å². The van der Waals surface area contributed by atoms with Crippen LogP contribution in [0, 0.1) is 0 Å². The largest absolute Gasteiger partial charge is 0.496 e. The van der Waals surface area contributed by atoms with Gasteiger partial charge in [0.15, 0.2) is 0 Å². The Morgan fingerprint density at radius 1 is 1.16 bits per heavy atom. The maximum absolute atomic E-state index is 13.2. The van der Waals surface area contributed by atoms with Gasteiger partial charge in [-0.05, 0) is 71.7 Å². The molecule has 0 aliphatic carbocycles. The van der Waals surface area contributed by atoms with E-state index in [0.717, 1.165) is 33.2 Å². The summed E-state index contributed by atoms with van der Waals surface area (Å²) in [6, 6.07) is 18.3. The molecule has 3 aromatic carbocycles. The molecule has 0 atom stereocenters. The van der Waals surface area contributed by atoms with Crippen LogP contribution in [0.15, 0.2) is 71.8 Å². The van der Waals surface area contributed by atoms with Crippen LogP contribution in [-0.2, 0) is 11.2 Å². The highest BCUT2D eigenvalue weighted by Gasteiger charge is 2.31. The van der Waals surface area contributed by atoms with Crippen LogP contribution in [0.1, 0.15) is 21.5 Å². The number of ether oxygens (including phenoxy) is 1. The average Bonchev–Trinajstić information content (AvgIpc) is 3.47. The Balaban J connectivity index is 1.38. The van der Waals surface area contributed by atoms with Gasteiger partial charge in [0.1, 0.15) is 10.1 Å². The molecule has 0 spiro atoms. The summed E-state index contributed by atoms with van der Waals surface area (Å²) in [6.45, 7) is 0.415. The number of benzene rings is 3. The van der Waals surface area contributed by atoms with Gasteiger partial charge in [-0.2, -0.15) is 0 Å². The number of carbonyl (C=O) groups excluding carboxylic acids is 1. The number of H-pyrrole nitrogens is 1. The molecular weight excluding hydrogens is 506 g/mol. The number of rotatable bonds is 7. The fraction of sp³-hybridized carbons (Fsp3) is 0.107. The molecule has 1 aromatic heterocycles. The van der Waals surface area contributed by atoms with E-state index in [-0.39, 0.29) is 11.5 Å². The number of carboxylic acid groups (broad SMARTS) is 1. The summed E-state index contributed by atoms with van der Waals surface area (Å²) in [7, 11) is 1.62. The van der Waals surface area contributed by atoms with Crippen molar-refractivity contribution in [2.75, 3.05) is 19.4 Å². The van der Waals surface area contributed by atoms with E-state index in [2.05, 4.69) is 4.98 Å². The topological polar surface area (TPSA) is 109 Å². The minimum atomic E-state index is -0.969. The van der Waals surface area contributed by atoms with Gasteiger partial charge < -0.3 is 20.6 Å². The molecule has 7 nitrogen and oxygen atoms in total. The van der Waals surface area contributed by atoms with E-state index in [9.17, 15) is 9.59 Å². The number of carbonyl (C=O) groups is 2. The smallest absolute Gasteiger partial charge is 0.335 e. The third-order valence-corrected chi connectivity index (χ3v) is 7.60. The van der Waals surface area contributed by atoms with Crippen molar-refractivity contribution in [3.8, 4) is 16.9 Å². The van der Waals surface area contributed by atoms with Crippen LogP contribution in [-0.4, -0.2) is 44.8 Å². The van der Waals surface area contributed by atoms with Crippen LogP contribution >= 0.6 is 24.0 Å². The van der Waals surface area contributed by atoms with E-state index in [1.807, 2.05) is 48.7 Å². The summed E-state index contributed by atoms with van der Waals surface area (Å²) < 4.78 is 6.10. The number of aromatic nitrogens is 1. The number of nitrogens with zero attached hydrogens (tertiary/aromatic N) is 1. The highest BCUT2D eigenvalue weighted by molar-refractivity contribution is 8.26. The number of fused-ring (bicyclic) bond motifs is 1. The number of thioether (sulfide) groups is 1. The first kappa shape index (κ1) is 24.6. The Morgan fingerprint density at radius 2 is 1.95 bits per heavy atom. The second kappa shape index (κ2) is 10.1. The molecule has 4 aromatic rings. The van der Waals surface area contributed by atoms with E-state index in [1.165, 1.54) is 11.8 Å². The Hall–Kier alpha value is -4.08. The Bertz CT molecular complexity index is 1570. The van der Waals surface area contributed by atoms with Crippen LogP contribution in [0.2, 0.25) is 0 Å². The standard InChI is InChI=1S/C28H23N3O4S2/c1-35-23-7-4-17(12-21(23)20-14-19-8-10-30-25(19)22(29)15-20)13-24-26(32)31(28(36)37-24)11-9-16-2-5-18(6-3-16)27(33)34/h2-8,10,12-15,30H,9,11,29H2,1H3,(H,33,34)/b24-13-. The summed E-state index contributed by atoms with van der Waals surface area (Å²) >= 11 is 6.76. The number of methoxy groups -OCH3 is 1. The third-order valence-electron chi connectivity index (χ3n) is 6.22. The van der Waals surface area contributed by atoms with Gasteiger partial charge in [-0.15, -0.1) is 0 Å². The first-order valence-corrected chi connectivity index (χ1v) is 12.7. The van der Waals surface area contributed by atoms with Gasteiger partial charge in [0.2, 0.25) is 0 Å². The molecule has 5 rings (SSSR count). The van der Waals surface area contributed by atoms with E-state index < -0.39 is 5.97 Å². The molecule has 186 valence electrons. The van der Waals surface area contributed by atoms with Crippen LogP contribution in [0.25, 0.3) is 28.1 Å². The molecule has 1 fully saturated rings. The minimum Gasteiger partial charge on any atom is -0.496 e. The average molecular weight is 530 g/mol.